The van der Waals surface area contributed by atoms with Crippen LogP contribution in [0.2, 0.25) is 0 Å². The predicted octanol–water partition coefficient (Wildman–Crippen LogP) is 1.11. The SMILES string of the molecule is CN1C[C@H](C(=O)N[C@]2(C)O[C@@]3(O)[C@@H]4CCCN4C(=O)[C@H](Cc4ccccc4)N3C2=O)C=C2c3cccc4[nH]cc(c34)C[C@H]21.O=C(O)C(O)C(O)C(=O)O.O=C(O)C(O)C(O)C(=O)O.Oc1ccc2c(c1)[C@@]13CCCC[C@@]1(O)[C@@H](C2)N(CC1CCC1)CC3. The predicted molar refractivity (Wildman–Crippen MR) is 307 cm³/mol. The average Bonchev–Trinajstić information content (AvgIpc) is 1.47. The monoisotopic (exact) mass is 1210 g/mol. The normalized spacial score (nSPS) is 30.9. The van der Waals surface area contributed by atoms with Crippen molar-refractivity contribution in [1.29, 1.82) is 0 Å². The number of H-pyrrole nitrogens is 1. The molecule has 13 atom stereocenters. The topological polar surface area (TPSA) is 392 Å². The summed E-state index contributed by atoms with van der Waals surface area (Å²) in [6, 6.07) is 20.3. The van der Waals surface area contributed by atoms with Gasteiger partial charge in [0, 0.05) is 60.7 Å². The highest BCUT2D eigenvalue weighted by molar-refractivity contribution is 6.01. The van der Waals surface area contributed by atoms with Gasteiger partial charge in [0.25, 0.3) is 11.8 Å². The minimum atomic E-state index is -2.27. The lowest BCUT2D eigenvalue weighted by Gasteiger charge is -2.64. The summed E-state index contributed by atoms with van der Waals surface area (Å²) in [5.74, 6) is -9.64. The Bertz CT molecular complexity index is 3280. The molecule has 25 heteroatoms. The molecule has 6 fully saturated rings. The third-order valence-corrected chi connectivity index (χ3v) is 19.5. The van der Waals surface area contributed by atoms with Crippen molar-refractivity contribution in [3.63, 3.8) is 0 Å². The molecule has 2 bridgehead atoms. The fourth-order valence-electron chi connectivity index (χ4n) is 15.0. The molecule has 4 unspecified atom stereocenters. The number of benzene rings is 3. The molecule has 3 aromatic carbocycles. The lowest BCUT2D eigenvalue weighted by molar-refractivity contribution is -0.315. The Hall–Kier alpha value is -7.33. The molecule has 468 valence electrons. The Labute approximate surface area is 500 Å². The van der Waals surface area contributed by atoms with Crippen molar-refractivity contribution in [1.82, 2.24) is 29.9 Å². The van der Waals surface area contributed by atoms with Crippen molar-refractivity contribution in [2.75, 3.05) is 33.2 Å². The standard InChI is InChI=1S/C33H35N5O5.C21H29NO2.2C4H6O6/c1-32(35-29(39)21-15-23-22-10-6-11-24-28(22)20(17-34-24)16-25(23)36(2)18-21)31(41)38-26(14-19-8-4-3-5-9-19)30(40)37-13-7-12-27(37)33(38,42)43-32;23-17-7-6-16-12-19-21(24)9-2-1-8-20(21,18(16)13-17)10-11-22(19)14-15-4-3-5-15;2*5-1(3(7)8)2(6)4(9)10/h3-6,8-11,15,17,21,25-27,34,42H,7,12-14,16,18H2,1-2H3,(H,35,39);6-7,13,15,19,23-24H,1-5,8-12,14H2;2*1-2,5-6H,(H,7,8)(H,9,10)/t21-,25-,26+,27+,32-,33+;19-,20+,21-;;/m11../s1. The number of hydrogen-bond donors (Lipinski definition) is 13. The zero-order valence-corrected chi connectivity index (χ0v) is 48.3. The summed E-state index contributed by atoms with van der Waals surface area (Å²) < 4.78 is 6.23. The van der Waals surface area contributed by atoms with E-state index >= 15 is 0 Å². The van der Waals surface area contributed by atoms with Gasteiger partial charge in [-0.25, -0.2) is 19.2 Å². The molecule has 2 saturated carbocycles. The molecule has 1 aromatic heterocycles. The van der Waals surface area contributed by atoms with Crippen LogP contribution in [0.1, 0.15) is 98.9 Å². The van der Waals surface area contributed by atoms with Gasteiger partial charge in [0.15, 0.2) is 24.4 Å². The maximum absolute atomic E-state index is 14.2. The number of aliphatic carboxylic acids is 4. The molecule has 3 amide bonds. The summed E-state index contributed by atoms with van der Waals surface area (Å²) in [4.78, 5) is 91.9. The number of likely N-dealkylation sites (N-methyl/N-ethyl adjacent to an activating group) is 1. The van der Waals surface area contributed by atoms with Crippen LogP contribution in [0.15, 0.2) is 79.0 Å². The molecule has 87 heavy (non-hydrogen) atoms. The smallest absolute Gasteiger partial charge is 0.335 e. The van der Waals surface area contributed by atoms with Gasteiger partial charge < -0.3 is 71.4 Å². The molecule has 0 spiro atoms. The van der Waals surface area contributed by atoms with Crippen molar-refractivity contribution in [2.24, 2.45) is 11.8 Å². The summed E-state index contributed by atoms with van der Waals surface area (Å²) in [7, 11) is 2.02. The molecule has 6 heterocycles. The highest BCUT2D eigenvalue weighted by atomic mass is 16.7. The number of fused-ring (bicyclic) bond motifs is 6. The quantitative estimate of drug-likeness (QED) is 0.0945. The fraction of sp³-hybridized carbons (Fsp3) is 0.532. The van der Waals surface area contributed by atoms with E-state index < -0.39 is 89.4 Å². The molecule has 4 aromatic rings. The van der Waals surface area contributed by atoms with Crippen LogP contribution in [0.5, 0.6) is 5.75 Å². The summed E-state index contributed by atoms with van der Waals surface area (Å²) in [5, 5.41) is 103. The number of carboxylic acids is 4. The van der Waals surface area contributed by atoms with Crippen LogP contribution < -0.4 is 5.32 Å². The number of aromatic nitrogens is 1. The van der Waals surface area contributed by atoms with Gasteiger partial charge in [-0.05, 0) is 136 Å². The van der Waals surface area contributed by atoms with Crippen LogP contribution >= 0.6 is 0 Å². The third kappa shape index (κ3) is 11.4. The number of aromatic amines is 1. The molecule has 13 rings (SSSR count). The van der Waals surface area contributed by atoms with Gasteiger partial charge in [0.1, 0.15) is 17.8 Å². The van der Waals surface area contributed by atoms with Gasteiger partial charge in [-0.15, -0.1) is 0 Å². The van der Waals surface area contributed by atoms with Crippen molar-refractivity contribution < 1.29 is 94.5 Å². The highest BCUT2D eigenvalue weighted by Crippen LogP contribution is 2.59. The molecule has 9 aliphatic rings. The maximum atomic E-state index is 14.2. The van der Waals surface area contributed by atoms with Crippen LogP contribution in [-0.4, -0.2) is 221 Å². The third-order valence-electron chi connectivity index (χ3n) is 19.5. The first-order valence-corrected chi connectivity index (χ1v) is 29.6. The van der Waals surface area contributed by atoms with E-state index in [0.717, 1.165) is 73.2 Å². The molecule has 25 nitrogen and oxygen atoms in total. The lowest BCUT2D eigenvalue weighted by Crippen LogP contribution is -2.72. The number of aromatic hydroxyl groups is 1. The average molecular weight is 1210 g/mol. The van der Waals surface area contributed by atoms with E-state index in [4.69, 9.17) is 45.6 Å². The fourth-order valence-corrected chi connectivity index (χ4v) is 15.0. The van der Waals surface area contributed by atoms with Crippen LogP contribution in [0, 0.1) is 11.8 Å². The molecule has 0 radical (unpaired) electrons. The Morgan fingerprint density at radius 2 is 1.40 bits per heavy atom. The first-order chi connectivity index (χ1) is 41.2. The summed E-state index contributed by atoms with van der Waals surface area (Å²) >= 11 is 0. The van der Waals surface area contributed by atoms with Crippen molar-refractivity contribution in [2.45, 2.75) is 162 Å². The van der Waals surface area contributed by atoms with Gasteiger partial charge in [-0.2, -0.15) is 0 Å². The number of carbonyl (C=O) groups excluding carboxylic acids is 3. The van der Waals surface area contributed by atoms with E-state index in [0.29, 0.717) is 31.7 Å². The van der Waals surface area contributed by atoms with Gasteiger partial charge in [-0.1, -0.05) is 73.9 Å². The number of phenolic OH excluding ortho intramolecular Hbond substituents is 1. The number of hydrogen-bond acceptors (Lipinski definition) is 17. The van der Waals surface area contributed by atoms with Gasteiger partial charge in [-0.3, -0.25) is 33.8 Å². The van der Waals surface area contributed by atoms with Crippen LogP contribution in [0.3, 0.4) is 0 Å². The number of amides is 3. The molecule has 5 aliphatic heterocycles. The van der Waals surface area contributed by atoms with E-state index in [1.54, 1.807) is 4.90 Å². The molecule has 4 aliphatic carbocycles. The zero-order chi connectivity index (χ0) is 62.7. The number of carboxylic acid groups (broad SMARTS) is 4. The highest BCUT2D eigenvalue weighted by Gasteiger charge is 2.70. The molecule has 13 N–H and O–H groups in total. The second-order valence-electron chi connectivity index (χ2n) is 24.7. The van der Waals surface area contributed by atoms with E-state index in [1.165, 1.54) is 66.1 Å². The van der Waals surface area contributed by atoms with Gasteiger partial charge >= 0.3 is 23.9 Å². The Morgan fingerprint density at radius 3 is 2.03 bits per heavy atom. The van der Waals surface area contributed by atoms with Crippen LogP contribution in [-0.2, 0) is 63.0 Å². The second-order valence-corrected chi connectivity index (χ2v) is 24.7. The van der Waals surface area contributed by atoms with Crippen LogP contribution in [0.4, 0.5) is 0 Å². The Morgan fingerprint density at radius 1 is 0.747 bits per heavy atom. The minimum absolute atomic E-state index is 0.127. The number of piperazine rings is 1. The van der Waals surface area contributed by atoms with Crippen molar-refractivity contribution in [3.05, 3.63) is 107 Å². The summed E-state index contributed by atoms with van der Waals surface area (Å²) in [5.41, 5.74) is 5.47. The van der Waals surface area contributed by atoms with E-state index in [9.17, 15) is 48.9 Å². The lowest BCUT2D eigenvalue weighted by atomic mass is 9.49. The first kappa shape index (κ1) is 62.7. The number of phenols is 1. The Kier molecular flexibility index (Phi) is 17.5. The number of aliphatic hydroxyl groups excluding tert-OH is 4. The van der Waals surface area contributed by atoms with Crippen molar-refractivity contribution in [3.8, 4) is 5.75 Å². The first-order valence-electron chi connectivity index (χ1n) is 29.6. The number of ether oxygens (including phenoxy) is 1. The molecule has 4 saturated heterocycles. The number of piperidine rings is 1. The maximum Gasteiger partial charge on any atom is 0.335 e. The number of carbonyl (C=O) groups is 7. The Balaban J connectivity index is 0.000000158. The van der Waals surface area contributed by atoms with Crippen molar-refractivity contribution >= 4 is 58.1 Å². The van der Waals surface area contributed by atoms with E-state index in [-0.39, 0.29) is 35.7 Å². The van der Waals surface area contributed by atoms with E-state index in [1.807, 2.05) is 61.7 Å². The largest absolute Gasteiger partial charge is 0.508 e. The summed E-state index contributed by atoms with van der Waals surface area (Å²) in [6.45, 7) is 4.74. The molecular formula is C62H76N6O19. The summed E-state index contributed by atoms with van der Waals surface area (Å²) in [6.07, 6.45) is 7.78. The number of rotatable bonds is 12. The number of nitrogens with one attached hydrogen (secondary N) is 2. The zero-order valence-electron chi connectivity index (χ0n) is 48.3. The van der Waals surface area contributed by atoms with E-state index in [2.05, 4.69) is 44.5 Å². The van der Waals surface area contributed by atoms with Gasteiger partial charge in [0.05, 0.1) is 11.5 Å². The van der Waals surface area contributed by atoms with Gasteiger partial charge in [0.2, 0.25) is 17.5 Å². The minimum Gasteiger partial charge on any atom is -0.508 e. The number of nitrogens with zero attached hydrogens (tertiary/aromatic N) is 4. The molecular weight excluding hydrogens is 1130 g/mol. The van der Waals surface area contributed by atoms with Crippen LogP contribution in [0.25, 0.3) is 16.5 Å². The number of likely N-dealkylation sites (tertiary alicyclic amines) is 1. The number of aliphatic hydroxyl groups is 6. The second kappa shape index (κ2) is 24.3.